The third-order valence-corrected chi connectivity index (χ3v) is 3.92. The van der Waals surface area contributed by atoms with Gasteiger partial charge in [0.05, 0.1) is 13.3 Å². The van der Waals surface area contributed by atoms with E-state index in [1.807, 2.05) is 4.68 Å². The summed E-state index contributed by atoms with van der Waals surface area (Å²) in [6, 6.07) is 0. The normalized spacial score (nSPS) is 22.3. The topological polar surface area (TPSA) is 30.3 Å². The Bertz CT molecular complexity index is 353. The van der Waals surface area contributed by atoms with E-state index in [1.165, 1.54) is 19.4 Å². The van der Waals surface area contributed by atoms with Gasteiger partial charge in [0.1, 0.15) is 4.60 Å². The highest BCUT2D eigenvalue weighted by Crippen LogP contribution is 2.26. The van der Waals surface area contributed by atoms with Crippen LogP contribution in [0.3, 0.4) is 0 Å². The standard InChI is InChI=1S/C11H18BrN3O/c1-14-5-3-4-9(7-14)8-15-11(12)10(16-2)6-13-15/h6,9H,3-5,7-8H2,1-2H3. The van der Waals surface area contributed by atoms with E-state index < -0.39 is 0 Å². The van der Waals surface area contributed by atoms with E-state index in [0.717, 1.165) is 23.4 Å². The molecule has 1 atom stereocenters. The van der Waals surface area contributed by atoms with Crippen LogP contribution in [-0.2, 0) is 6.54 Å². The highest BCUT2D eigenvalue weighted by Gasteiger charge is 2.19. The number of aromatic nitrogens is 2. The number of nitrogens with zero attached hydrogens (tertiary/aromatic N) is 3. The lowest BCUT2D eigenvalue weighted by Crippen LogP contribution is -2.34. The van der Waals surface area contributed by atoms with Gasteiger partial charge in [0.15, 0.2) is 5.75 Å². The molecule has 1 aliphatic rings. The molecule has 4 nitrogen and oxygen atoms in total. The fourth-order valence-corrected chi connectivity index (χ4v) is 2.78. The highest BCUT2D eigenvalue weighted by atomic mass is 79.9. The summed E-state index contributed by atoms with van der Waals surface area (Å²) in [6.07, 6.45) is 4.34. The van der Waals surface area contributed by atoms with Crippen LogP contribution in [0.1, 0.15) is 12.8 Å². The summed E-state index contributed by atoms with van der Waals surface area (Å²) in [7, 11) is 3.85. The first-order chi connectivity index (χ1) is 7.70. The van der Waals surface area contributed by atoms with Crippen LogP contribution in [0.15, 0.2) is 10.8 Å². The largest absolute Gasteiger partial charge is 0.492 e. The fourth-order valence-electron chi connectivity index (χ4n) is 2.28. The summed E-state index contributed by atoms with van der Waals surface area (Å²) >= 11 is 3.52. The Morgan fingerprint density at radius 3 is 3.06 bits per heavy atom. The van der Waals surface area contributed by atoms with Crippen LogP contribution in [0.4, 0.5) is 0 Å². The van der Waals surface area contributed by atoms with Gasteiger partial charge in [0.25, 0.3) is 0 Å². The van der Waals surface area contributed by atoms with Gasteiger partial charge in [-0.2, -0.15) is 5.10 Å². The van der Waals surface area contributed by atoms with E-state index in [9.17, 15) is 0 Å². The van der Waals surface area contributed by atoms with E-state index in [1.54, 1.807) is 13.3 Å². The zero-order valence-electron chi connectivity index (χ0n) is 9.82. The highest BCUT2D eigenvalue weighted by molar-refractivity contribution is 9.10. The zero-order valence-corrected chi connectivity index (χ0v) is 11.4. The molecule has 0 spiro atoms. The summed E-state index contributed by atoms with van der Waals surface area (Å²) in [4.78, 5) is 2.39. The maximum Gasteiger partial charge on any atom is 0.171 e. The molecule has 2 rings (SSSR count). The van der Waals surface area contributed by atoms with Crippen molar-refractivity contribution in [2.24, 2.45) is 5.92 Å². The molecule has 16 heavy (non-hydrogen) atoms. The van der Waals surface area contributed by atoms with Gasteiger partial charge in [-0.3, -0.25) is 4.68 Å². The van der Waals surface area contributed by atoms with Gasteiger partial charge in [-0.05, 0) is 48.3 Å². The number of rotatable bonds is 3. The lowest BCUT2D eigenvalue weighted by atomic mass is 9.99. The van der Waals surface area contributed by atoms with Crippen LogP contribution in [0.25, 0.3) is 0 Å². The molecule has 1 aliphatic heterocycles. The molecule has 0 bridgehead atoms. The fraction of sp³-hybridized carbons (Fsp3) is 0.727. The van der Waals surface area contributed by atoms with Crippen molar-refractivity contribution in [1.29, 1.82) is 0 Å². The van der Waals surface area contributed by atoms with Gasteiger partial charge in [-0.15, -0.1) is 0 Å². The minimum atomic E-state index is 0.694. The van der Waals surface area contributed by atoms with E-state index in [0.29, 0.717) is 5.92 Å². The van der Waals surface area contributed by atoms with E-state index in [-0.39, 0.29) is 0 Å². The Kier molecular flexibility index (Phi) is 3.86. The van der Waals surface area contributed by atoms with Gasteiger partial charge < -0.3 is 9.64 Å². The van der Waals surface area contributed by atoms with Crippen molar-refractivity contribution in [1.82, 2.24) is 14.7 Å². The van der Waals surface area contributed by atoms with Crippen molar-refractivity contribution in [3.63, 3.8) is 0 Å². The van der Waals surface area contributed by atoms with Gasteiger partial charge in [0, 0.05) is 13.1 Å². The smallest absolute Gasteiger partial charge is 0.171 e. The summed E-state index contributed by atoms with van der Waals surface area (Å²) < 4.78 is 8.13. The molecular formula is C11H18BrN3O. The molecule has 1 fully saturated rings. The average Bonchev–Trinajstić information content (AvgIpc) is 2.60. The van der Waals surface area contributed by atoms with Crippen molar-refractivity contribution in [2.75, 3.05) is 27.2 Å². The molecular weight excluding hydrogens is 270 g/mol. The molecule has 0 amide bonds. The Morgan fingerprint density at radius 2 is 2.44 bits per heavy atom. The van der Waals surface area contributed by atoms with E-state index >= 15 is 0 Å². The lowest BCUT2D eigenvalue weighted by Gasteiger charge is -2.29. The van der Waals surface area contributed by atoms with Crippen LogP contribution >= 0.6 is 15.9 Å². The maximum absolute atomic E-state index is 5.20. The van der Waals surface area contributed by atoms with E-state index in [2.05, 4.69) is 33.0 Å². The summed E-state index contributed by atoms with van der Waals surface area (Å²) in [5.41, 5.74) is 0. The first-order valence-corrected chi connectivity index (χ1v) is 6.44. The van der Waals surface area contributed by atoms with Crippen molar-refractivity contribution in [3.05, 3.63) is 10.8 Å². The summed E-state index contributed by atoms with van der Waals surface area (Å²) in [5.74, 6) is 1.50. The molecule has 1 aromatic heterocycles. The Hall–Kier alpha value is -0.550. The SMILES string of the molecule is COc1cnn(CC2CCCN(C)C2)c1Br. The molecule has 0 N–H and O–H groups in total. The first-order valence-electron chi connectivity index (χ1n) is 5.64. The number of ether oxygens (including phenoxy) is 1. The Labute approximate surface area is 105 Å². The van der Waals surface area contributed by atoms with Crippen LogP contribution < -0.4 is 4.74 Å². The summed E-state index contributed by atoms with van der Waals surface area (Å²) in [5, 5.41) is 4.33. The van der Waals surface area contributed by atoms with Gasteiger partial charge in [0.2, 0.25) is 0 Å². The maximum atomic E-state index is 5.20. The number of halogens is 1. The minimum Gasteiger partial charge on any atom is -0.492 e. The molecule has 0 radical (unpaired) electrons. The molecule has 1 unspecified atom stereocenters. The second-order valence-electron chi connectivity index (χ2n) is 4.46. The predicted octanol–water partition coefficient (Wildman–Crippen LogP) is 2.00. The minimum absolute atomic E-state index is 0.694. The number of hydrogen-bond acceptors (Lipinski definition) is 3. The number of methoxy groups -OCH3 is 1. The molecule has 2 heterocycles. The molecule has 90 valence electrons. The van der Waals surface area contributed by atoms with E-state index in [4.69, 9.17) is 4.74 Å². The second kappa shape index (κ2) is 5.19. The number of likely N-dealkylation sites (tertiary alicyclic amines) is 1. The van der Waals surface area contributed by atoms with Gasteiger partial charge >= 0.3 is 0 Å². The zero-order chi connectivity index (χ0) is 11.5. The molecule has 0 saturated carbocycles. The van der Waals surface area contributed by atoms with Gasteiger partial charge in [-0.25, -0.2) is 0 Å². The van der Waals surface area contributed by atoms with Crippen LogP contribution in [0, 0.1) is 5.92 Å². The first kappa shape index (κ1) is 11.9. The molecule has 0 aromatic carbocycles. The van der Waals surface area contributed by atoms with Crippen molar-refractivity contribution >= 4 is 15.9 Å². The third-order valence-electron chi connectivity index (χ3n) is 3.12. The van der Waals surface area contributed by atoms with Gasteiger partial charge in [-0.1, -0.05) is 0 Å². The van der Waals surface area contributed by atoms with Crippen molar-refractivity contribution in [2.45, 2.75) is 19.4 Å². The van der Waals surface area contributed by atoms with Crippen molar-refractivity contribution in [3.8, 4) is 5.75 Å². The quantitative estimate of drug-likeness (QED) is 0.852. The Morgan fingerprint density at radius 1 is 1.62 bits per heavy atom. The molecule has 1 saturated heterocycles. The number of piperidine rings is 1. The van der Waals surface area contributed by atoms with Crippen molar-refractivity contribution < 1.29 is 4.74 Å². The Balaban J connectivity index is 2.00. The lowest BCUT2D eigenvalue weighted by molar-refractivity contribution is 0.190. The third kappa shape index (κ3) is 2.58. The molecule has 1 aromatic rings. The monoisotopic (exact) mass is 287 g/mol. The molecule has 5 heteroatoms. The predicted molar refractivity (Wildman–Crippen MR) is 66.7 cm³/mol. The van der Waals surface area contributed by atoms with Crippen LogP contribution in [0.2, 0.25) is 0 Å². The average molecular weight is 288 g/mol. The van der Waals surface area contributed by atoms with Crippen LogP contribution in [0.5, 0.6) is 5.75 Å². The second-order valence-corrected chi connectivity index (χ2v) is 5.21. The number of hydrogen-bond donors (Lipinski definition) is 0. The molecule has 0 aliphatic carbocycles. The summed E-state index contributed by atoms with van der Waals surface area (Å²) in [6.45, 7) is 3.35. The van der Waals surface area contributed by atoms with Crippen LogP contribution in [-0.4, -0.2) is 41.9 Å².